The summed E-state index contributed by atoms with van der Waals surface area (Å²) in [5.74, 6) is -0.673. The quantitative estimate of drug-likeness (QED) is 0.763. The van der Waals surface area contributed by atoms with E-state index in [-0.39, 0.29) is 11.3 Å². The van der Waals surface area contributed by atoms with Crippen molar-refractivity contribution in [2.75, 3.05) is 0 Å². The van der Waals surface area contributed by atoms with Crippen LogP contribution in [0.3, 0.4) is 0 Å². The van der Waals surface area contributed by atoms with E-state index in [4.69, 9.17) is 0 Å². The fraction of sp³-hybridized carbons (Fsp3) is 0.100. The molecule has 1 heterocycles. The van der Waals surface area contributed by atoms with E-state index in [1.807, 2.05) is 6.39 Å². The van der Waals surface area contributed by atoms with Crippen molar-refractivity contribution in [3.63, 3.8) is 0 Å². The monoisotopic (exact) mass is 212 g/mol. The molecule has 15 heavy (non-hydrogen) atoms. The van der Waals surface area contributed by atoms with Crippen molar-refractivity contribution in [2.24, 2.45) is 0 Å². The van der Waals surface area contributed by atoms with Gasteiger partial charge in [0.05, 0.1) is 0 Å². The zero-order chi connectivity index (χ0) is 10.8. The lowest BCUT2D eigenvalue weighted by Crippen LogP contribution is -1.88. The Bertz CT molecular complexity index is 467. The van der Waals surface area contributed by atoms with E-state index in [9.17, 15) is 13.2 Å². The minimum Gasteiger partial charge on any atom is -0.432 e. The van der Waals surface area contributed by atoms with E-state index in [0.717, 1.165) is 6.07 Å². The lowest BCUT2D eigenvalue weighted by molar-refractivity contribution is 0.147. The molecular formula is C10H5F3NO. The van der Waals surface area contributed by atoms with Gasteiger partial charge in [-0.3, -0.25) is 0 Å². The molecule has 0 bridgehead atoms. The zero-order valence-corrected chi connectivity index (χ0v) is 7.38. The van der Waals surface area contributed by atoms with Gasteiger partial charge >= 0.3 is 0 Å². The molecule has 1 aromatic carbocycles. The van der Waals surface area contributed by atoms with Gasteiger partial charge in [0.1, 0.15) is 5.82 Å². The van der Waals surface area contributed by atoms with E-state index in [1.165, 1.54) is 18.2 Å². The number of alkyl halides is 2. The molecule has 0 N–H and O–H groups in total. The average molecular weight is 212 g/mol. The molecular weight excluding hydrogens is 207 g/mol. The van der Waals surface area contributed by atoms with Crippen molar-refractivity contribution >= 4 is 0 Å². The van der Waals surface area contributed by atoms with Crippen LogP contribution in [0.2, 0.25) is 0 Å². The number of halogens is 3. The highest BCUT2D eigenvalue weighted by Gasteiger charge is 2.19. The zero-order valence-electron chi connectivity index (χ0n) is 7.38. The van der Waals surface area contributed by atoms with Crippen molar-refractivity contribution in [3.8, 4) is 11.3 Å². The number of rotatable bonds is 2. The Kier molecular flexibility index (Phi) is 2.45. The fourth-order valence-corrected chi connectivity index (χ4v) is 1.21. The summed E-state index contributed by atoms with van der Waals surface area (Å²) in [6.07, 6.45) is -0.795. The number of benzene rings is 1. The molecule has 2 aromatic rings. The van der Waals surface area contributed by atoms with Gasteiger partial charge < -0.3 is 4.42 Å². The molecule has 77 valence electrons. The standard InChI is InChI=1S/C10H5F3NO/c11-7-3-1-2-6(4-7)9-8(10(12)13)14-5-15-9/h1-4,10H. The number of aromatic nitrogens is 1. The highest BCUT2D eigenvalue weighted by atomic mass is 19.3. The predicted molar refractivity (Wildman–Crippen MR) is 45.7 cm³/mol. The summed E-state index contributed by atoms with van der Waals surface area (Å²) in [5.41, 5.74) is -0.306. The summed E-state index contributed by atoms with van der Waals surface area (Å²) in [4.78, 5) is 3.26. The number of nitrogens with zero attached hydrogens (tertiary/aromatic N) is 1. The maximum atomic E-state index is 12.8. The lowest BCUT2D eigenvalue weighted by atomic mass is 10.1. The third-order valence-corrected chi connectivity index (χ3v) is 1.84. The highest BCUT2D eigenvalue weighted by Crippen LogP contribution is 2.29. The molecule has 1 aromatic heterocycles. The molecule has 0 amide bonds. The van der Waals surface area contributed by atoms with Gasteiger partial charge in [-0.2, -0.15) is 0 Å². The second-order valence-electron chi connectivity index (χ2n) is 2.83. The van der Waals surface area contributed by atoms with Gasteiger partial charge in [-0.25, -0.2) is 18.2 Å². The van der Waals surface area contributed by atoms with Crippen LogP contribution in [0.5, 0.6) is 0 Å². The largest absolute Gasteiger partial charge is 0.432 e. The van der Waals surface area contributed by atoms with Crippen LogP contribution in [-0.2, 0) is 0 Å². The minimum atomic E-state index is -2.77. The number of hydrogen-bond acceptors (Lipinski definition) is 2. The molecule has 0 spiro atoms. The molecule has 0 aliphatic heterocycles. The van der Waals surface area contributed by atoms with Gasteiger partial charge in [-0.1, -0.05) is 12.1 Å². The first-order chi connectivity index (χ1) is 7.18. The Morgan fingerprint density at radius 1 is 1.33 bits per heavy atom. The summed E-state index contributed by atoms with van der Waals surface area (Å²) in [6.45, 7) is 0. The molecule has 2 nitrogen and oxygen atoms in total. The van der Waals surface area contributed by atoms with Gasteiger partial charge in [-0.15, -0.1) is 0 Å². The Labute approximate surface area is 83.4 Å². The van der Waals surface area contributed by atoms with Crippen LogP contribution in [0.1, 0.15) is 12.1 Å². The third-order valence-electron chi connectivity index (χ3n) is 1.84. The van der Waals surface area contributed by atoms with E-state index < -0.39 is 17.9 Å². The first kappa shape index (κ1) is 9.76. The topological polar surface area (TPSA) is 26.0 Å². The second-order valence-corrected chi connectivity index (χ2v) is 2.83. The first-order valence-corrected chi connectivity index (χ1v) is 4.09. The molecule has 0 saturated carbocycles. The molecule has 0 fully saturated rings. The van der Waals surface area contributed by atoms with Crippen LogP contribution in [0.15, 0.2) is 28.7 Å². The van der Waals surface area contributed by atoms with Crippen molar-refractivity contribution < 1.29 is 17.6 Å². The second kappa shape index (κ2) is 3.76. The maximum absolute atomic E-state index is 12.8. The average Bonchev–Trinajstić information content (AvgIpc) is 2.65. The van der Waals surface area contributed by atoms with Crippen molar-refractivity contribution in [1.82, 2.24) is 4.98 Å². The summed E-state index contributed by atoms with van der Waals surface area (Å²) in [5, 5.41) is 0. The van der Waals surface area contributed by atoms with Crippen LogP contribution in [-0.4, -0.2) is 4.98 Å². The first-order valence-electron chi connectivity index (χ1n) is 4.09. The Balaban J connectivity index is 2.49. The maximum Gasteiger partial charge on any atom is 0.284 e. The van der Waals surface area contributed by atoms with E-state index in [1.54, 1.807) is 0 Å². The predicted octanol–water partition coefficient (Wildman–Crippen LogP) is 3.22. The summed E-state index contributed by atoms with van der Waals surface area (Å²) < 4.78 is 42.3. The van der Waals surface area contributed by atoms with Gasteiger partial charge in [-0.05, 0) is 12.1 Å². The SMILES string of the molecule is Fc1cccc(-c2o[c]nc2C(F)F)c1. The van der Waals surface area contributed by atoms with Crippen LogP contribution in [0.25, 0.3) is 11.3 Å². The van der Waals surface area contributed by atoms with Gasteiger partial charge in [0.25, 0.3) is 12.8 Å². The molecule has 1 radical (unpaired) electrons. The third kappa shape index (κ3) is 1.86. The fourth-order valence-electron chi connectivity index (χ4n) is 1.21. The number of oxazole rings is 1. The van der Waals surface area contributed by atoms with Gasteiger partial charge in [0.2, 0.25) is 0 Å². The van der Waals surface area contributed by atoms with E-state index in [2.05, 4.69) is 9.40 Å². The van der Waals surface area contributed by atoms with Crippen LogP contribution >= 0.6 is 0 Å². The van der Waals surface area contributed by atoms with Gasteiger partial charge in [0, 0.05) is 5.56 Å². The smallest absolute Gasteiger partial charge is 0.284 e. The molecule has 0 saturated heterocycles. The van der Waals surface area contributed by atoms with Crippen molar-refractivity contribution in [3.05, 3.63) is 42.2 Å². The van der Waals surface area contributed by atoms with Crippen molar-refractivity contribution in [2.45, 2.75) is 6.43 Å². The molecule has 0 atom stereocenters. The summed E-state index contributed by atoms with van der Waals surface area (Å²) >= 11 is 0. The van der Waals surface area contributed by atoms with Crippen LogP contribution in [0.4, 0.5) is 13.2 Å². The van der Waals surface area contributed by atoms with Gasteiger partial charge in [0.15, 0.2) is 11.5 Å². The normalized spacial score (nSPS) is 10.9. The van der Waals surface area contributed by atoms with Crippen molar-refractivity contribution in [1.29, 1.82) is 0 Å². The lowest BCUT2D eigenvalue weighted by Gasteiger charge is -1.99. The van der Waals surface area contributed by atoms with E-state index >= 15 is 0 Å². The molecule has 0 aliphatic rings. The number of hydrogen-bond donors (Lipinski definition) is 0. The summed E-state index contributed by atoms with van der Waals surface area (Å²) in [6, 6.07) is 5.18. The Hall–Kier alpha value is -1.78. The molecule has 2 rings (SSSR count). The Morgan fingerprint density at radius 2 is 2.13 bits per heavy atom. The summed E-state index contributed by atoms with van der Waals surface area (Å²) in [7, 11) is 0. The Morgan fingerprint density at radius 3 is 2.80 bits per heavy atom. The minimum absolute atomic E-state index is 0.149. The highest BCUT2D eigenvalue weighted by molar-refractivity contribution is 5.59. The molecule has 5 heteroatoms. The molecule has 0 aliphatic carbocycles. The van der Waals surface area contributed by atoms with E-state index in [0.29, 0.717) is 0 Å². The van der Waals surface area contributed by atoms with Crippen LogP contribution < -0.4 is 0 Å². The van der Waals surface area contributed by atoms with Crippen LogP contribution in [0, 0.1) is 12.2 Å². The molecule has 0 unspecified atom stereocenters.